The lowest BCUT2D eigenvalue weighted by atomic mass is 10.0. The van der Waals surface area contributed by atoms with Crippen LogP contribution in [-0.2, 0) is 14.3 Å². The lowest BCUT2D eigenvalue weighted by molar-refractivity contribution is -0.143. The van der Waals surface area contributed by atoms with Crippen LogP contribution in [0.3, 0.4) is 0 Å². The highest BCUT2D eigenvalue weighted by atomic mass is 16.5. The summed E-state index contributed by atoms with van der Waals surface area (Å²) in [6.45, 7) is 5.00. The molecule has 0 heterocycles. The predicted molar refractivity (Wildman–Crippen MR) is 403 cm³/mol. The molecule has 1 amide bonds. The van der Waals surface area contributed by atoms with Crippen LogP contribution >= 0.6 is 0 Å². The molecule has 2 unspecified atom stereocenters. The van der Waals surface area contributed by atoms with Crippen molar-refractivity contribution < 1.29 is 24.5 Å². The van der Waals surface area contributed by atoms with E-state index in [0.717, 1.165) is 44.9 Å². The average molecular weight is 1280 g/mol. The van der Waals surface area contributed by atoms with Gasteiger partial charge < -0.3 is 20.3 Å². The van der Waals surface area contributed by atoms with E-state index in [1.165, 1.54) is 392 Å². The van der Waals surface area contributed by atoms with Crippen molar-refractivity contribution in [3.8, 4) is 0 Å². The molecule has 538 valence electrons. The highest BCUT2D eigenvalue weighted by molar-refractivity contribution is 5.76. The maximum Gasteiger partial charge on any atom is 0.305 e. The van der Waals surface area contributed by atoms with Gasteiger partial charge in [0, 0.05) is 12.8 Å². The van der Waals surface area contributed by atoms with Crippen LogP contribution in [0, 0.1) is 0 Å². The average Bonchev–Trinajstić information content (AvgIpc) is 3.67. The van der Waals surface area contributed by atoms with Gasteiger partial charge in [-0.1, -0.05) is 410 Å². The standard InChI is InChI=1S/C85H163NO5/c1-3-5-7-9-11-13-15-17-19-21-43-47-51-55-59-63-67-71-75-79-85(90)91-80-76-72-68-64-60-56-52-48-45-42-40-38-36-34-32-30-28-26-24-22-23-25-27-29-31-33-35-37-39-41-44-46-50-54-58-62-66-70-74-78-84(89)86-82(81-87)83(88)77-73-69-65-61-57-53-49-20-18-16-14-12-10-8-6-4-2/h17,19,22-23,26,28,82-83,87-88H,3-16,18,20-21,24-25,27,29-81H2,1-2H3,(H,86,89)/b19-17-,23-22-,28-26-. The van der Waals surface area contributed by atoms with Crippen LogP contribution < -0.4 is 5.32 Å². The van der Waals surface area contributed by atoms with Crippen molar-refractivity contribution in [2.24, 2.45) is 0 Å². The summed E-state index contributed by atoms with van der Waals surface area (Å²) in [5.41, 5.74) is 0. The molecule has 0 aromatic rings. The normalized spacial score (nSPS) is 12.6. The van der Waals surface area contributed by atoms with Crippen molar-refractivity contribution in [2.75, 3.05) is 13.2 Å². The number of carbonyl (C=O) groups excluding carboxylic acids is 2. The lowest BCUT2D eigenvalue weighted by Gasteiger charge is -2.22. The van der Waals surface area contributed by atoms with E-state index in [4.69, 9.17) is 4.74 Å². The van der Waals surface area contributed by atoms with Gasteiger partial charge in [-0.3, -0.25) is 9.59 Å². The Morgan fingerprint density at radius 2 is 0.549 bits per heavy atom. The number of unbranched alkanes of at least 4 members (excludes halogenated alkanes) is 62. The number of rotatable bonds is 79. The molecule has 0 rings (SSSR count). The predicted octanol–water partition coefficient (Wildman–Crippen LogP) is 27.8. The highest BCUT2D eigenvalue weighted by Crippen LogP contribution is 2.20. The van der Waals surface area contributed by atoms with E-state index in [1.54, 1.807) is 0 Å². The molecule has 0 bridgehead atoms. The molecule has 0 spiro atoms. The van der Waals surface area contributed by atoms with Gasteiger partial charge in [-0.25, -0.2) is 0 Å². The third-order valence-corrected chi connectivity index (χ3v) is 19.7. The summed E-state index contributed by atoms with van der Waals surface area (Å²) in [5.74, 6) is -0.00730. The molecule has 0 aliphatic rings. The summed E-state index contributed by atoms with van der Waals surface area (Å²) in [5, 5.41) is 23.4. The summed E-state index contributed by atoms with van der Waals surface area (Å²) in [6, 6.07) is -0.539. The number of aliphatic hydroxyl groups excluding tert-OH is 2. The van der Waals surface area contributed by atoms with Crippen molar-refractivity contribution in [2.45, 2.75) is 482 Å². The molecule has 0 radical (unpaired) electrons. The number of aliphatic hydroxyl groups is 2. The molecule has 0 fully saturated rings. The Morgan fingerprint density at radius 1 is 0.308 bits per heavy atom. The van der Waals surface area contributed by atoms with Gasteiger partial charge in [0.1, 0.15) is 0 Å². The first-order valence-corrected chi connectivity index (χ1v) is 41.7. The topological polar surface area (TPSA) is 95.9 Å². The molecule has 0 saturated heterocycles. The maximum atomic E-state index is 12.5. The Kier molecular flexibility index (Phi) is 78.8. The van der Waals surface area contributed by atoms with Crippen LogP contribution in [0.5, 0.6) is 0 Å². The first-order valence-electron chi connectivity index (χ1n) is 41.7. The molecule has 2 atom stereocenters. The van der Waals surface area contributed by atoms with Crippen LogP contribution in [0.4, 0.5) is 0 Å². The molecule has 6 nitrogen and oxygen atoms in total. The van der Waals surface area contributed by atoms with Crippen molar-refractivity contribution in [1.82, 2.24) is 5.32 Å². The Labute approximate surface area is 570 Å². The van der Waals surface area contributed by atoms with E-state index >= 15 is 0 Å². The van der Waals surface area contributed by atoms with E-state index in [0.29, 0.717) is 25.9 Å². The number of carbonyl (C=O) groups is 2. The van der Waals surface area contributed by atoms with Gasteiger partial charge in [0.2, 0.25) is 5.91 Å². The number of hydrogen-bond acceptors (Lipinski definition) is 5. The van der Waals surface area contributed by atoms with Crippen molar-refractivity contribution >= 4 is 11.9 Å². The molecule has 0 aromatic heterocycles. The molecule has 0 aliphatic carbocycles. The number of nitrogens with one attached hydrogen (secondary N) is 1. The van der Waals surface area contributed by atoms with Gasteiger partial charge >= 0.3 is 5.97 Å². The maximum absolute atomic E-state index is 12.5. The Balaban J connectivity index is 3.34. The minimum Gasteiger partial charge on any atom is -0.466 e. The van der Waals surface area contributed by atoms with Crippen molar-refractivity contribution in [3.05, 3.63) is 36.5 Å². The Morgan fingerprint density at radius 3 is 0.846 bits per heavy atom. The number of amides is 1. The monoisotopic (exact) mass is 1280 g/mol. The van der Waals surface area contributed by atoms with E-state index in [2.05, 4.69) is 55.6 Å². The van der Waals surface area contributed by atoms with Gasteiger partial charge in [0.05, 0.1) is 25.4 Å². The van der Waals surface area contributed by atoms with E-state index < -0.39 is 12.1 Å². The largest absolute Gasteiger partial charge is 0.466 e. The van der Waals surface area contributed by atoms with Gasteiger partial charge in [0.15, 0.2) is 0 Å². The Bertz CT molecular complexity index is 1470. The van der Waals surface area contributed by atoms with Crippen LogP contribution in [0.1, 0.15) is 470 Å². The molecule has 3 N–H and O–H groups in total. The fourth-order valence-electron chi connectivity index (χ4n) is 13.3. The number of esters is 1. The summed E-state index contributed by atoms with van der Waals surface area (Å²) < 4.78 is 5.52. The minimum absolute atomic E-state index is 0.0208. The number of hydrogen-bond donors (Lipinski definition) is 3. The summed E-state index contributed by atoms with van der Waals surface area (Å²) >= 11 is 0. The number of ether oxygens (including phenoxy) is 1. The van der Waals surface area contributed by atoms with Gasteiger partial charge in [-0.2, -0.15) is 0 Å². The van der Waals surface area contributed by atoms with Crippen molar-refractivity contribution in [3.63, 3.8) is 0 Å². The first-order chi connectivity index (χ1) is 45.0. The first kappa shape index (κ1) is 89.1. The van der Waals surface area contributed by atoms with Crippen LogP contribution in [0.25, 0.3) is 0 Å². The fraction of sp³-hybridized carbons (Fsp3) is 0.906. The number of allylic oxidation sites excluding steroid dienone is 6. The second-order valence-corrected chi connectivity index (χ2v) is 28.8. The molecule has 91 heavy (non-hydrogen) atoms. The molecule has 0 saturated carbocycles. The van der Waals surface area contributed by atoms with E-state index in [-0.39, 0.29) is 18.5 Å². The van der Waals surface area contributed by atoms with E-state index in [9.17, 15) is 19.8 Å². The Hall–Kier alpha value is -1.92. The molecular weight excluding hydrogens is 1110 g/mol. The zero-order valence-electron chi connectivity index (χ0n) is 61.9. The molecule has 0 aliphatic heterocycles. The van der Waals surface area contributed by atoms with Crippen LogP contribution in [0.2, 0.25) is 0 Å². The summed E-state index contributed by atoms with van der Waals surface area (Å²) in [4.78, 5) is 24.7. The van der Waals surface area contributed by atoms with Crippen LogP contribution in [-0.4, -0.2) is 47.4 Å². The van der Waals surface area contributed by atoms with Gasteiger partial charge in [-0.15, -0.1) is 0 Å². The minimum atomic E-state index is -0.662. The quantitative estimate of drug-likeness (QED) is 0.0320. The second kappa shape index (κ2) is 80.5. The SMILES string of the molecule is CCCCCCCC/C=C\CCCCCCCCCCCC(=O)OCCCCCCCCCCCCCCCCC/C=C\C/C=C\CCCCCCCCCCCCCCCCCCCC(=O)NC(CO)C(O)CCCCCCCCCCCCCCCCCC. The molecule has 6 heteroatoms. The summed E-state index contributed by atoms with van der Waals surface area (Å²) in [6.07, 6.45) is 105. The smallest absolute Gasteiger partial charge is 0.305 e. The lowest BCUT2D eigenvalue weighted by Crippen LogP contribution is -2.45. The van der Waals surface area contributed by atoms with E-state index in [1.807, 2.05) is 0 Å². The fourth-order valence-corrected chi connectivity index (χ4v) is 13.3. The zero-order chi connectivity index (χ0) is 65.6. The third kappa shape index (κ3) is 77.0. The van der Waals surface area contributed by atoms with Crippen molar-refractivity contribution in [1.29, 1.82) is 0 Å². The molecule has 0 aromatic carbocycles. The highest BCUT2D eigenvalue weighted by Gasteiger charge is 2.20. The van der Waals surface area contributed by atoms with Crippen LogP contribution in [0.15, 0.2) is 36.5 Å². The van der Waals surface area contributed by atoms with Gasteiger partial charge in [-0.05, 0) is 83.5 Å². The zero-order valence-corrected chi connectivity index (χ0v) is 61.9. The second-order valence-electron chi connectivity index (χ2n) is 28.8. The third-order valence-electron chi connectivity index (χ3n) is 19.7. The van der Waals surface area contributed by atoms with Gasteiger partial charge in [0.25, 0.3) is 0 Å². The summed E-state index contributed by atoms with van der Waals surface area (Å²) in [7, 11) is 0. The molecular formula is C85H163NO5.